The van der Waals surface area contributed by atoms with Crippen molar-refractivity contribution in [3.05, 3.63) is 157 Å². The fraction of sp³-hybridized carbons (Fsp3) is 0.0682. The number of benzene rings is 5. The van der Waals surface area contributed by atoms with Gasteiger partial charge in [0.1, 0.15) is 0 Å². The molecule has 4 nitrogen and oxygen atoms in total. The molecular weight excluding hydrogens is 617 g/mol. The van der Waals surface area contributed by atoms with Gasteiger partial charge >= 0.3 is 0 Å². The predicted octanol–water partition coefficient (Wildman–Crippen LogP) is 12.2. The van der Waals surface area contributed by atoms with Gasteiger partial charge in [-0.1, -0.05) is 103 Å². The summed E-state index contributed by atoms with van der Waals surface area (Å²) in [6.45, 7) is 6.00. The van der Waals surface area contributed by atoms with Gasteiger partial charge in [-0.15, -0.1) is 11.3 Å². The predicted molar refractivity (Wildman–Crippen MR) is 211 cm³/mol. The van der Waals surface area contributed by atoms with E-state index in [-0.39, 0.29) is 0 Å². The molecule has 0 aliphatic heterocycles. The van der Waals surface area contributed by atoms with Crippen LogP contribution in [0, 0.1) is 0 Å². The normalized spacial score (nSPS) is 13.0. The Balaban J connectivity index is 1.19. The third-order valence-electron chi connectivity index (χ3n) is 8.91. The minimum atomic E-state index is 0.611. The summed E-state index contributed by atoms with van der Waals surface area (Å²) in [5, 5.41) is 8.76. The van der Waals surface area contributed by atoms with Crippen molar-refractivity contribution < 1.29 is 0 Å². The maximum absolute atomic E-state index is 4.92. The van der Waals surface area contributed by atoms with Gasteiger partial charge in [0.2, 0.25) is 0 Å². The second kappa shape index (κ2) is 12.9. The van der Waals surface area contributed by atoms with E-state index in [4.69, 9.17) is 15.0 Å². The second-order valence-electron chi connectivity index (χ2n) is 11.9. The van der Waals surface area contributed by atoms with Crippen LogP contribution in [-0.4, -0.2) is 19.5 Å². The van der Waals surface area contributed by atoms with Crippen LogP contribution in [0.4, 0.5) is 0 Å². The number of aromatic nitrogens is 4. The van der Waals surface area contributed by atoms with Crippen molar-refractivity contribution >= 4 is 65.7 Å². The molecule has 0 N–H and O–H groups in total. The molecule has 236 valence electrons. The quantitative estimate of drug-likeness (QED) is 0.121. The second-order valence-corrected chi connectivity index (χ2v) is 12.8. The average molecular weight is 651 g/mol. The van der Waals surface area contributed by atoms with E-state index in [1.807, 2.05) is 86.8 Å². The molecule has 0 saturated heterocycles. The molecule has 3 aromatic heterocycles. The maximum atomic E-state index is 4.92. The Bertz CT molecular complexity index is 2630. The summed E-state index contributed by atoms with van der Waals surface area (Å²) in [6, 6.07) is 33.1. The monoisotopic (exact) mass is 650 g/mol. The molecular formula is C44H34N4S. The van der Waals surface area contributed by atoms with Gasteiger partial charge in [0, 0.05) is 37.7 Å². The topological polar surface area (TPSA) is 43.6 Å². The Labute approximate surface area is 289 Å². The van der Waals surface area contributed by atoms with Gasteiger partial charge in [-0.05, 0) is 90.5 Å². The molecule has 3 heterocycles. The molecule has 0 aliphatic carbocycles. The lowest BCUT2D eigenvalue weighted by Gasteiger charge is -2.11. The summed E-state index contributed by atoms with van der Waals surface area (Å²) >= 11 is 1.82. The van der Waals surface area contributed by atoms with Crippen molar-refractivity contribution in [3.63, 3.8) is 0 Å². The van der Waals surface area contributed by atoms with Crippen molar-refractivity contribution in [2.45, 2.75) is 20.8 Å². The van der Waals surface area contributed by atoms with Crippen LogP contribution in [0.2, 0.25) is 0 Å². The molecule has 8 rings (SSSR count). The minimum absolute atomic E-state index is 0.611. The number of hydrogen-bond acceptors (Lipinski definition) is 4. The molecule has 0 aliphatic rings. The van der Waals surface area contributed by atoms with Crippen molar-refractivity contribution in [2.24, 2.45) is 0 Å². The van der Waals surface area contributed by atoms with E-state index in [9.17, 15) is 0 Å². The van der Waals surface area contributed by atoms with Crippen molar-refractivity contribution in [1.29, 1.82) is 0 Å². The number of nitrogens with zero attached hydrogens (tertiary/aromatic N) is 4. The van der Waals surface area contributed by atoms with Crippen molar-refractivity contribution in [2.75, 3.05) is 0 Å². The third-order valence-corrected chi connectivity index (χ3v) is 9.88. The number of hydrogen-bond donors (Lipinski definition) is 0. The van der Waals surface area contributed by atoms with Crippen molar-refractivity contribution in [3.8, 4) is 28.2 Å². The zero-order valence-electron chi connectivity index (χ0n) is 27.6. The zero-order chi connectivity index (χ0) is 33.3. The fourth-order valence-corrected chi connectivity index (χ4v) is 7.59. The summed E-state index contributed by atoms with van der Waals surface area (Å²) in [7, 11) is 0. The minimum Gasteiger partial charge on any atom is -0.309 e. The molecule has 5 aromatic carbocycles. The summed E-state index contributed by atoms with van der Waals surface area (Å²) in [5.41, 5.74) is 7.74. The Kier molecular flexibility index (Phi) is 8.04. The fourth-order valence-electron chi connectivity index (χ4n) is 6.68. The first-order valence-electron chi connectivity index (χ1n) is 16.5. The average Bonchev–Trinajstić information content (AvgIpc) is 3.76. The molecule has 8 aromatic rings. The zero-order valence-corrected chi connectivity index (χ0v) is 28.4. The molecule has 5 heteroatoms. The number of thiophene rings is 1. The van der Waals surface area contributed by atoms with E-state index in [1.165, 1.54) is 42.7 Å². The van der Waals surface area contributed by atoms with Crippen LogP contribution in [0.1, 0.15) is 32.4 Å². The van der Waals surface area contributed by atoms with E-state index in [0.717, 1.165) is 28.0 Å². The number of rotatable bonds is 8. The van der Waals surface area contributed by atoms with Gasteiger partial charge in [0.15, 0.2) is 17.5 Å². The highest BCUT2D eigenvalue weighted by molar-refractivity contribution is 7.18. The van der Waals surface area contributed by atoms with Crippen LogP contribution >= 0.6 is 11.3 Å². The Morgan fingerprint density at radius 2 is 1.49 bits per heavy atom. The van der Waals surface area contributed by atoms with Gasteiger partial charge < -0.3 is 4.57 Å². The lowest BCUT2D eigenvalue weighted by atomic mass is 10.0. The molecule has 0 radical (unpaired) electrons. The van der Waals surface area contributed by atoms with Gasteiger partial charge in [0.25, 0.3) is 0 Å². The van der Waals surface area contributed by atoms with E-state index >= 15 is 0 Å². The van der Waals surface area contributed by atoms with Crippen LogP contribution < -0.4 is 0 Å². The molecule has 0 amide bonds. The summed E-state index contributed by atoms with van der Waals surface area (Å²) in [4.78, 5) is 14.5. The summed E-state index contributed by atoms with van der Waals surface area (Å²) < 4.78 is 3.77. The van der Waals surface area contributed by atoms with Crippen LogP contribution in [0.5, 0.6) is 0 Å². The summed E-state index contributed by atoms with van der Waals surface area (Å²) in [6.07, 6.45) is 17.9. The maximum Gasteiger partial charge on any atom is 0.164 e. The smallest absolute Gasteiger partial charge is 0.164 e. The van der Waals surface area contributed by atoms with Crippen LogP contribution in [0.15, 0.2) is 145 Å². The lowest BCUT2D eigenvalue weighted by Crippen LogP contribution is -2.02. The first-order valence-corrected chi connectivity index (χ1v) is 17.4. The molecule has 0 bridgehead atoms. The third kappa shape index (κ3) is 5.48. The molecule has 0 spiro atoms. The van der Waals surface area contributed by atoms with Gasteiger partial charge in [-0.3, -0.25) is 0 Å². The first-order chi connectivity index (χ1) is 24.2. The van der Waals surface area contributed by atoms with E-state index in [2.05, 4.69) is 101 Å². The largest absolute Gasteiger partial charge is 0.309 e. The highest BCUT2D eigenvalue weighted by Crippen LogP contribution is 2.43. The molecule has 0 saturated carbocycles. The Hall–Kier alpha value is -5.91. The lowest BCUT2D eigenvalue weighted by molar-refractivity contribution is 1.01. The number of fused-ring (bicyclic) bond motifs is 2. The first kappa shape index (κ1) is 30.4. The van der Waals surface area contributed by atoms with Crippen LogP contribution in [0.25, 0.3) is 82.5 Å². The SMILES string of the molecule is C\C=C/C=C\C=C\c1nc(C(/C=C\C)=C/C)nc(-c2cccc(-c3ccc(-n4c5cccc6ccc7c8sccc8cc4c7c65)cc3)c2)n1. The molecule has 0 unspecified atom stereocenters. The highest BCUT2D eigenvalue weighted by atomic mass is 32.1. The standard InChI is InChI=1S/C44H34N4S/c1-4-7-8-9-10-18-39-45-43(29(6-3)13-5-2)47-44(46-39)34-16-11-15-32(27-34)30-19-22-35(23-20-30)48-37-17-12-14-31-21-24-36-41(40(31)37)38(48)28-33-25-26-49-42(33)36/h4-28H,1-3H3/b7-4-,9-8-,13-5-,18-10+,29-6+. The van der Waals surface area contributed by atoms with Gasteiger partial charge in [0.05, 0.1) is 11.0 Å². The van der Waals surface area contributed by atoms with E-state index in [0.29, 0.717) is 17.5 Å². The summed E-state index contributed by atoms with van der Waals surface area (Å²) in [5.74, 6) is 1.90. The van der Waals surface area contributed by atoms with Gasteiger partial charge in [-0.25, -0.2) is 15.0 Å². The number of allylic oxidation sites excluding steroid dienone is 9. The van der Waals surface area contributed by atoms with Crippen LogP contribution in [-0.2, 0) is 0 Å². The van der Waals surface area contributed by atoms with Crippen LogP contribution in [0.3, 0.4) is 0 Å². The molecule has 0 atom stereocenters. The van der Waals surface area contributed by atoms with Gasteiger partial charge in [-0.2, -0.15) is 0 Å². The van der Waals surface area contributed by atoms with Crippen molar-refractivity contribution in [1.82, 2.24) is 19.5 Å². The van der Waals surface area contributed by atoms with E-state index in [1.54, 1.807) is 0 Å². The Morgan fingerprint density at radius 3 is 2.33 bits per heavy atom. The molecule has 49 heavy (non-hydrogen) atoms. The Morgan fingerprint density at radius 1 is 0.653 bits per heavy atom. The molecule has 0 fully saturated rings. The van der Waals surface area contributed by atoms with E-state index < -0.39 is 0 Å². The highest BCUT2D eigenvalue weighted by Gasteiger charge is 2.19.